The molecule has 1 saturated heterocycles. The quantitative estimate of drug-likeness (QED) is 0.793. The summed E-state index contributed by atoms with van der Waals surface area (Å²) < 4.78 is 4.80. The molecule has 1 N–H and O–H groups in total. The lowest BCUT2D eigenvalue weighted by atomic mass is 9.97. The smallest absolute Gasteiger partial charge is 0.325 e. The highest BCUT2D eigenvalue weighted by atomic mass is 35.5. The van der Waals surface area contributed by atoms with E-state index in [9.17, 15) is 14.4 Å². The van der Waals surface area contributed by atoms with E-state index < -0.39 is 11.5 Å². The summed E-state index contributed by atoms with van der Waals surface area (Å²) in [6.07, 6.45) is 0.699. The van der Waals surface area contributed by atoms with Gasteiger partial charge in [-0.3, -0.25) is 14.4 Å². The van der Waals surface area contributed by atoms with E-state index in [4.69, 9.17) is 16.3 Å². The maximum Gasteiger partial charge on any atom is 0.325 e. The fourth-order valence-corrected chi connectivity index (χ4v) is 2.98. The van der Waals surface area contributed by atoms with Crippen molar-refractivity contribution in [2.75, 3.05) is 13.2 Å². The molecule has 1 fully saturated rings. The number of ether oxygens (including phenoxy) is 1. The van der Waals surface area contributed by atoms with Crippen LogP contribution in [0.2, 0.25) is 5.02 Å². The van der Waals surface area contributed by atoms with Gasteiger partial charge in [-0.05, 0) is 38.0 Å². The first-order valence-corrected chi connectivity index (χ1v) is 8.23. The fraction of sp³-hybridized carbons (Fsp3) is 0.471. The van der Waals surface area contributed by atoms with Crippen LogP contribution >= 0.6 is 11.6 Å². The van der Waals surface area contributed by atoms with Crippen LogP contribution in [0.4, 0.5) is 0 Å². The van der Waals surface area contributed by atoms with Crippen molar-refractivity contribution in [1.82, 2.24) is 10.2 Å². The second-order valence-electron chi connectivity index (χ2n) is 5.87. The van der Waals surface area contributed by atoms with Crippen LogP contribution in [-0.2, 0) is 25.7 Å². The van der Waals surface area contributed by atoms with Gasteiger partial charge in [0.25, 0.3) is 0 Å². The summed E-state index contributed by atoms with van der Waals surface area (Å²) in [6.45, 7) is 3.75. The SMILES string of the molecule is CCOC(=O)CNC(=O)[C@@]1(C)CCC(=O)N1Cc1cccc(Cl)c1. The predicted molar refractivity (Wildman–Crippen MR) is 89.3 cm³/mol. The molecule has 0 saturated carbocycles. The van der Waals surface area contributed by atoms with E-state index in [1.807, 2.05) is 6.07 Å². The van der Waals surface area contributed by atoms with E-state index in [2.05, 4.69) is 5.32 Å². The van der Waals surface area contributed by atoms with E-state index in [1.54, 1.807) is 36.9 Å². The normalized spacial score (nSPS) is 20.1. The predicted octanol–water partition coefficient (Wildman–Crippen LogP) is 1.90. The minimum Gasteiger partial charge on any atom is -0.465 e. The summed E-state index contributed by atoms with van der Waals surface area (Å²) in [6, 6.07) is 7.18. The number of carbonyl (C=O) groups is 3. The maximum atomic E-state index is 12.6. The number of hydrogen-bond donors (Lipinski definition) is 1. The average molecular weight is 353 g/mol. The van der Waals surface area contributed by atoms with Gasteiger partial charge in [-0.2, -0.15) is 0 Å². The van der Waals surface area contributed by atoms with Gasteiger partial charge >= 0.3 is 5.97 Å². The van der Waals surface area contributed by atoms with Crippen molar-refractivity contribution in [3.63, 3.8) is 0 Å². The Kier molecular flexibility index (Phi) is 5.83. The topological polar surface area (TPSA) is 75.7 Å². The van der Waals surface area contributed by atoms with Crippen LogP contribution in [0.3, 0.4) is 0 Å². The second-order valence-corrected chi connectivity index (χ2v) is 6.31. The van der Waals surface area contributed by atoms with Crippen molar-refractivity contribution < 1.29 is 19.1 Å². The molecule has 1 aromatic rings. The Labute approximate surface area is 146 Å². The van der Waals surface area contributed by atoms with E-state index in [1.165, 1.54) is 0 Å². The molecule has 24 heavy (non-hydrogen) atoms. The molecule has 0 aromatic heterocycles. The number of halogens is 1. The molecule has 7 heteroatoms. The number of hydrogen-bond acceptors (Lipinski definition) is 4. The first-order valence-electron chi connectivity index (χ1n) is 7.85. The number of amides is 2. The van der Waals surface area contributed by atoms with Gasteiger partial charge in [0, 0.05) is 18.0 Å². The highest BCUT2D eigenvalue weighted by Crippen LogP contribution is 2.32. The summed E-state index contributed by atoms with van der Waals surface area (Å²) >= 11 is 5.98. The fourth-order valence-electron chi connectivity index (χ4n) is 2.77. The van der Waals surface area contributed by atoms with Crippen LogP contribution in [-0.4, -0.2) is 41.4 Å². The van der Waals surface area contributed by atoms with Gasteiger partial charge in [-0.15, -0.1) is 0 Å². The Morgan fingerprint density at radius 1 is 1.42 bits per heavy atom. The zero-order chi connectivity index (χ0) is 17.7. The lowest BCUT2D eigenvalue weighted by Crippen LogP contribution is -2.54. The number of carbonyl (C=O) groups excluding carboxylic acids is 3. The second kappa shape index (κ2) is 7.66. The molecule has 0 aliphatic carbocycles. The molecule has 0 radical (unpaired) electrons. The third-order valence-electron chi connectivity index (χ3n) is 4.14. The average Bonchev–Trinajstić information content (AvgIpc) is 2.82. The minimum atomic E-state index is -0.994. The van der Waals surface area contributed by atoms with E-state index in [0.717, 1.165) is 5.56 Å². The molecule has 0 spiro atoms. The standard InChI is InChI=1S/C17H21ClN2O4/c1-3-24-15(22)10-19-16(23)17(2)8-7-14(21)20(17)11-12-5-4-6-13(18)9-12/h4-6,9H,3,7-8,10-11H2,1-2H3,(H,19,23)/t17-/m1/s1. The van der Waals surface area contributed by atoms with Crippen molar-refractivity contribution in [2.45, 2.75) is 38.8 Å². The number of rotatable bonds is 6. The molecule has 1 heterocycles. The van der Waals surface area contributed by atoms with Gasteiger partial charge in [0.05, 0.1) is 6.61 Å². The molecule has 1 aromatic carbocycles. The van der Waals surface area contributed by atoms with Gasteiger partial charge in [0.2, 0.25) is 11.8 Å². The lowest BCUT2D eigenvalue weighted by molar-refractivity contribution is -0.146. The molecule has 0 bridgehead atoms. The lowest BCUT2D eigenvalue weighted by Gasteiger charge is -2.34. The van der Waals surface area contributed by atoms with Crippen molar-refractivity contribution >= 4 is 29.4 Å². The van der Waals surface area contributed by atoms with Crippen LogP contribution in [0.1, 0.15) is 32.3 Å². The summed E-state index contributed by atoms with van der Waals surface area (Å²) in [5.74, 6) is -0.952. The largest absolute Gasteiger partial charge is 0.465 e. The molecule has 2 rings (SSSR count). The Bertz CT molecular complexity index is 649. The third-order valence-corrected chi connectivity index (χ3v) is 4.38. The van der Waals surface area contributed by atoms with E-state index >= 15 is 0 Å². The van der Waals surface area contributed by atoms with Gasteiger partial charge in [-0.1, -0.05) is 23.7 Å². The molecule has 1 aliphatic heterocycles. The highest BCUT2D eigenvalue weighted by molar-refractivity contribution is 6.30. The number of esters is 1. The van der Waals surface area contributed by atoms with Crippen LogP contribution in [0, 0.1) is 0 Å². The molecule has 2 amide bonds. The van der Waals surface area contributed by atoms with E-state index in [0.29, 0.717) is 24.4 Å². The van der Waals surface area contributed by atoms with Gasteiger partial charge in [0.15, 0.2) is 0 Å². The molecule has 1 atom stereocenters. The van der Waals surface area contributed by atoms with Crippen molar-refractivity contribution in [2.24, 2.45) is 0 Å². The highest BCUT2D eigenvalue weighted by Gasteiger charge is 2.47. The Morgan fingerprint density at radius 3 is 2.83 bits per heavy atom. The number of nitrogens with zero attached hydrogens (tertiary/aromatic N) is 1. The first-order chi connectivity index (χ1) is 11.4. The Balaban J connectivity index is 2.09. The Hall–Kier alpha value is -2.08. The molecule has 0 unspecified atom stereocenters. The summed E-state index contributed by atoms with van der Waals surface area (Å²) in [5, 5.41) is 3.14. The third kappa shape index (κ3) is 4.06. The van der Waals surface area contributed by atoms with Crippen LogP contribution in [0.15, 0.2) is 24.3 Å². The molecular weight excluding hydrogens is 332 g/mol. The summed E-state index contributed by atoms with van der Waals surface area (Å²) in [7, 11) is 0. The zero-order valence-corrected chi connectivity index (χ0v) is 14.6. The van der Waals surface area contributed by atoms with Crippen molar-refractivity contribution in [3.8, 4) is 0 Å². The molecular formula is C17H21ClN2O4. The monoisotopic (exact) mass is 352 g/mol. The summed E-state index contributed by atoms with van der Waals surface area (Å²) in [4.78, 5) is 37.7. The van der Waals surface area contributed by atoms with Crippen LogP contribution in [0.25, 0.3) is 0 Å². The van der Waals surface area contributed by atoms with Crippen LogP contribution < -0.4 is 5.32 Å². The van der Waals surface area contributed by atoms with Gasteiger partial charge < -0.3 is 15.0 Å². The number of benzene rings is 1. The molecule has 1 aliphatic rings. The maximum absolute atomic E-state index is 12.6. The summed E-state index contributed by atoms with van der Waals surface area (Å²) in [5.41, 5.74) is -0.145. The zero-order valence-electron chi connectivity index (χ0n) is 13.8. The molecule has 130 valence electrons. The van der Waals surface area contributed by atoms with Crippen molar-refractivity contribution in [1.29, 1.82) is 0 Å². The van der Waals surface area contributed by atoms with Gasteiger partial charge in [0.1, 0.15) is 12.1 Å². The minimum absolute atomic E-state index is 0.0937. The first kappa shape index (κ1) is 18.3. The Morgan fingerprint density at radius 2 is 2.17 bits per heavy atom. The number of nitrogens with one attached hydrogen (secondary N) is 1. The number of likely N-dealkylation sites (tertiary alicyclic amines) is 1. The van der Waals surface area contributed by atoms with Gasteiger partial charge in [-0.25, -0.2) is 0 Å². The van der Waals surface area contributed by atoms with Crippen molar-refractivity contribution in [3.05, 3.63) is 34.9 Å². The molecule has 6 nitrogen and oxygen atoms in total. The van der Waals surface area contributed by atoms with E-state index in [-0.39, 0.29) is 25.0 Å². The van der Waals surface area contributed by atoms with Crippen LogP contribution in [0.5, 0.6) is 0 Å².